The maximum Gasteiger partial charge on any atom is 0.233 e. The molecule has 4 nitrogen and oxygen atoms in total. The minimum atomic E-state index is -2.98. The molecule has 1 unspecified atom stereocenters. The first-order valence-electron chi connectivity index (χ1n) is 8.77. The summed E-state index contributed by atoms with van der Waals surface area (Å²) in [5.41, 5.74) is 2.49. The van der Waals surface area contributed by atoms with Gasteiger partial charge in [0, 0.05) is 17.5 Å². The number of carbonyl (C=O) groups excluding carboxylic acids is 1. The van der Waals surface area contributed by atoms with Crippen molar-refractivity contribution in [3.05, 3.63) is 29.3 Å². The topological polar surface area (TPSA) is 54.5 Å². The summed E-state index contributed by atoms with van der Waals surface area (Å²) in [5, 5.41) is 0. The number of rotatable bonds is 5. The molecule has 0 radical (unpaired) electrons. The predicted octanol–water partition coefficient (Wildman–Crippen LogP) is 3.42. The highest BCUT2D eigenvalue weighted by Crippen LogP contribution is 2.30. The lowest BCUT2D eigenvalue weighted by Gasteiger charge is -2.27. The summed E-state index contributed by atoms with van der Waals surface area (Å²) in [5.74, 6) is 0.672. The van der Waals surface area contributed by atoms with Crippen LogP contribution in [-0.2, 0) is 20.0 Å². The van der Waals surface area contributed by atoms with Crippen molar-refractivity contribution in [1.29, 1.82) is 0 Å². The van der Waals surface area contributed by atoms with Crippen molar-refractivity contribution in [3.63, 3.8) is 0 Å². The minimum Gasteiger partial charge on any atom is -0.338 e. The van der Waals surface area contributed by atoms with Crippen LogP contribution in [-0.4, -0.2) is 49.1 Å². The van der Waals surface area contributed by atoms with Crippen molar-refractivity contribution < 1.29 is 13.2 Å². The average molecular weight is 384 g/mol. The number of nitrogens with zero attached hydrogens (tertiary/aromatic N) is 1. The zero-order chi connectivity index (χ0) is 18.8. The second-order valence-electron chi connectivity index (χ2n) is 7.76. The third kappa shape index (κ3) is 5.23. The van der Waals surface area contributed by atoms with Crippen LogP contribution >= 0.6 is 11.8 Å². The molecular weight excluding hydrogens is 354 g/mol. The van der Waals surface area contributed by atoms with Crippen LogP contribution in [0, 0.1) is 6.92 Å². The third-order valence-corrected chi connectivity index (χ3v) is 7.61. The van der Waals surface area contributed by atoms with E-state index in [1.54, 1.807) is 16.7 Å². The first kappa shape index (κ1) is 20.3. The van der Waals surface area contributed by atoms with Crippen LogP contribution in [0.5, 0.6) is 0 Å². The molecule has 1 aromatic rings. The van der Waals surface area contributed by atoms with Crippen LogP contribution in [0.3, 0.4) is 0 Å². The van der Waals surface area contributed by atoms with E-state index in [0.29, 0.717) is 18.7 Å². The highest BCUT2D eigenvalue weighted by Gasteiger charge is 2.33. The van der Waals surface area contributed by atoms with Gasteiger partial charge in [0.05, 0.1) is 17.3 Å². The Morgan fingerprint density at radius 1 is 1.32 bits per heavy atom. The molecule has 0 N–H and O–H groups in total. The van der Waals surface area contributed by atoms with Crippen molar-refractivity contribution in [2.75, 3.05) is 23.8 Å². The summed E-state index contributed by atoms with van der Waals surface area (Å²) in [7, 11) is -2.98. The molecule has 1 aromatic carbocycles. The normalized spacial score (nSPS) is 19.8. The summed E-state index contributed by atoms with van der Waals surface area (Å²) < 4.78 is 23.4. The van der Waals surface area contributed by atoms with E-state index in [-0.39, 0.29) is 28.9 Å². The number of sulfone groups is 1. The number of thioether (sulfide) groups is 1. The lowest BCUT2D eigenvalue weighted by Crippen LogP contribution is -2.41. The lowest BCUT2D eigenvalue weighted by atomic mass is 9.87. The zero-order valence-electron chi connectivity index (χ0n) is 15.8. The van der Waals surface area contributed by atoms with Gasteiger partial charge in [-0.25, -0.2) is 8.42 Å². The summed E-state index contributed by atoms with van der Waals surface area (Å²) in [4.78, 5) is 15.5. The summed E-state index contributed by atoms with van der Waals surface area (Å²) >= 11 is 1.55. The zero-order valence-corrected chi connectivity index (χ0v) is 17.5. The van der Waals surface area contributed by atoms with Crippen LogP contribution < -0.4 is 0 Å². The smallest absolute Gasteiger partial charge is 0.233 e. The molecule has 1 atom stereocenters. The molecule has 1 amide bonds. The van der Waals surface area contributed by atoms with Gasteiger partial charge < -0.3 is 4.90 Å². The van der Waals surface area contributed by atoms with E-state index >= 15 is 0 Å². The minimum absolute atomic E-state index is 0.0233. The van der Waals surface area contributed by atoms with E-state index in [4.69, 9.17) is 0 Å². The third-order valence-electron chi connectivity index (χ3n) is 4.72. The summed E-state index contributed by atoms with van der Waals surface area (Å²) in [6.45, 7) is 11.1. The second-order valence-corrected chi connectivity index (χ2v) is 11.0. The molecular formula is C19H29NO3S2. The number of hydrogen-bond donors (Lipinski definition) is 0. The van der Waals surface area contributed by atoms with Gasteiger partial charge in [-0.15, -0.1) is 11.8 Å². The monoisotopic (exact) mass is 383 g/mol. The SMILES string of the molecule is CCN(C(=O)CSc1cc(C(C)(C)C)ccc1C)C1CCS(=O)(=O)C1. The number of hydrogen-bond acceptors (Lipinski definition) is 4. The van der Waals surface area contributed by atoms with Gasteiger partial charge in [-0.3, -0.25) is 4.79 Å². The van der Waals surface area contributed by atoms with Crippen LogP contribution in [0.15, 0.2) is 23.1 Å². The molecule has 1 saturated heterocycles. The molecule has 1 fully saturated rings. The molecule has 1 aliphatic rings. The fourth-order valence-electron chi connectivity index (χ4n) is 3.10. The Kier molecular flexibility index (Phi) is 6.26. The summed E-state index contributed by atoms with van der Waals surface area (Å²) in [6, 6.07) is 6.26. The van der Waals surface area contributed by atoms with Gasteiger partial charge in [-0.2, -0.15) is 0 Å². The molecule has 2 rings (SSSR count). The number of carbonyl (C=O) groups is 1. The predicted molar refractivity (Wildman–Crippen MR) is 105 cm³/mol. The van der Waals surface area contributed by atoms with Gasteiger partial charge in [0.1, 0.15) is 0 Å². The van der Waals surface area contributed by atoms with E-state index < -0.39 is 9.84 Å². The Balaban J connectivity index is 2.06. The van der Waals surface area contributed by atoms with Gasteiger partial charge in [-0.05, 0) is 42.9 Å². The van der Waals surface area contributed by atoms with Gasteiger partial charge in [0.25, 0.3) is 0 Å². The molecule has 0 spiro atoms. The van der Waals surface area contributed by atoms with Gasteiger partial charge in [0.2, 0.25) is 5.91 Å². The lowest BCUT2D eigenvalue weighted by molar-refractivity contribution is -0.129. The Morgan fingerprint density at radius 3 is 2.52 bits per heavy atom. The molecule has 0 aromatic heterocycles. The largest absolute Gasteiger partial charge is 0.338 e. The van der Waals surface area contributed by atoms with Crippen molar-refractivity contribution >= 4 is 27.5 Å². The molecule has 25 heavy (non-hydrogen) atoms. The van der Waals surface area contributed by atoms with E-state index in [0.717, 1.165) is 10.5 Å². The average Bonchev–Trinajstić information content (AvgIpc) is 2.86. The van der Waals surface area contributed by atoms with E-state index in [1.807, 2.05) is 6.92 Å². The quantitative estimate of drug-likeness (QED) is 0.731. The highest BCUT2D eigenvalue weighted by molar-refractivity contribution is 8.00. The van der Waals surface area contributed by atoms with Crippen LogP contribution in [0.1, 0.15) is 45.2 Å². The van der Waals surface area contributed by atoms with Crippen LogP contribution in [0.4, 0.5) is 0 Å². The van der Waals surface area contributed by atoms with E-state index in [2.05, 4.69) is 45.9 Å². The highest BCUT2D eigenvalue weighted by atomic mass is 32.2. The molecule has 140 valence electrons. The van der Waals surface area contributed by atoms with E-state index in [1.165, 1.54) is 5.56 Å². The summed E-state index contributed by atoms with van der Waals surface area (Å²) in [6.07, 6.45) is 0.561. The number of amides is 1. The Labute approximate surface area is 156 Å². The molecule has 0 aliphatic carbocycles. The first-order valence-corrected chi connectivity index (χ1v) is 11.6. The van der Waals surface area contributed by atoms with Gasteiger partial charge in [0.15, 0.2) is 9.84 Å². The fraction of sp³-hybridized carbons (Fsp3) is 0.632. The van der Waals surface area contributed by atoms with Gasteiger partial charge >= 0.3 is 0 Å². The Hall–Kier alpha value is -1.01. The maximum absolute atomic E-state index is 12.6. The van der Waals surface area contributed by atoms with Crippen molar-refractivity contribution in [1.82, 2.24) is 4.90 Å². The van der Waals surface area contributed by atoms with Crippen molar-refractivity contribution in [2.24, 2.45) is 0 Å². The number of benzene rings is 1. The molecule has 1 heterocycles. The molecule has 0 bridgehead atoms. The van der Waals surface area contributed by atoms with Crippen molar-refractivity contribution in [3.8, 4) is 0 Å². The van der Waals surface area contributed by atoms with Crippen molar-refractivity contribution in [2.45, 2.75) is 57.4 Å². The Bertz CT molecular complexity index is 736. The van der Waals surface area contributed by atoms with Crippen LogP contribution in [0.2, 0.25) is 0 Å². The first-order chi connectivity index (χ1) is 11.5. The fourth-order valence-corrected chi connectivity index (χ4v) is 5.79. The molecule has 6 heteroatoms. The Morgan fingerprint density at radius 2 is 2.00 bits per heavy atom. The molecule has 1 aliphatic heterocycles. The van der Waals surface area contributed by atoms with E-state index in [9.17, 15) is 13.2 Å². The molecule has 0 saturated carbocycles. The number of aryl methyl sites for hydroxylation is 1. The van der Waals surface area contributed by atoms with Gasteiger partial charge in [-0.1, -0.05) is 32.9 Å². The standard InChI is InChI=1S/C19H29NO3S2/c1-6-20(16-9-10-25(22,23)13-16)18(21)12-24-17-11-15(19(3,4)5)8-7-14(17)2/h7-8,11,16H,6,9-10,12-13H2,1-5H3. The van der Waals surface area contributed by atoms with Crippen LogP contribution in [0.25, 0.3) is 0 Å². The maximum atomic E-state index is 12.6. The second kappa shape index (κ2) is 7.70.